The maximum atomic E-state index is 11.2. The summed E-state index contributed by atoms with van der Waals surface area (Å²) in [6, 6.07) is 0. The average molecular weight is 155 g/mol. The summed E-state index contributed by atoms with van der Waals surface area (Å²) >= 11 is 0. The standard InChI is InChI=1S/C9H17NO/c1-10-9(11)8-6-4-2-3-5-7-8/h8H,2-7H2,1H3,(H,10,11). The fraction of sp³-hybridized carbons (Fsp3) is 0.889. The molecule has 1 aliphatic carbocycles. The van der Waals surface area contributed by atoms with Crippen LogP contribution >= 0.6 is 0 Å². The minimum atomic E-state index is 0.243. The number of carbonyl (C=O) groups is 1. The second kappa shape index (κ2) is 4.37. The maximum absolute atomic E-state index is 11.2. The van der Waals surface area contributed by atoms with Gasteiger partial charge in [-0.25, -0.2) is 0 Å². The third-order valence-corrected chi connectivity index (χ3v) is 2.47. The fourth-order valence-corrected chi connectivity index (χ4v) is 1.75. The molecule has 0 heterocycles. The predicted octanol–water partition coefficient (Wildman–Crippen LogP) is 1.70. The molecule has 11 heavy (non-hydrogen) atoms. The summed E-state index contributed by atoms with van der Waals surface area (Å²) in [6.45, 7) is 0. The molecule has 1 saturated carbocycles. The van der Waals surface area contributed by atoms with Gasteiger partial charge in [-0.15, -0.1) is 0 Å². The molecular formula is C9H17NO. The lowest BCUT2D eigenvalue weighted by atomic mass is 10.00. The normalized spacial score (nSPS) is 20.8. The van der Waals surface area contributed by atoms with E-state index in [2.05, 4.69) is 5.32 Å². The molecular weight excluding hydrogens is 138 g/mol. The van der Waals surface area contributed by atoms with Crippen molar-refractivity contribution in [2.75, 3.05) is 7.05 Å². The minimum absolute atomic E-state index is 0.243. The highest BCUT2D eigenvalue weighted by atomic mass is 16.1. The average Bonchev–Trinajstić information content (AvgIpc) is 2.30. The van der Waals surface area contributed by atoms with Crippen LogP contribution in [0.2, 0.25) is 0 Å². The van der Waals surface area contributed by atoms with Crippen molar-refractivity contribution in [3.63, 3.8) is 0 Å². The molecule has 0 spiro atoms. The first kappa shape index (κ1) is 8.57. The van der Waals surface area contributed by atoms with Crippen LogP contribution in [-0.4, -0.2) is 13.0 Å². The highest BCUT2D eigenvalue weighted by molar-refractivity contribution is 5.78. The number of rotatable bonds is 1. The molecule has 0 saturated heterocycles. The minimum Gasteiger partial charge on any atom is -0.359 e. The van der Waals surface area contributed by atoms with Gasteiger partial charge < -0.3 is 5.32 Å². The van der Waals surface area contributed by atoms with Gasteiger partial charge in [-0.1, -0.05) is 25.7 Å². The zero-order valence-corrected chi connectivity index (χ0v) is 7.23. The molecule has 1 rings (SSSR count). The molecule has 0 radical (unpaired) electrons. The van der Waals surface area contributed by atoms with E-state index < -0.39 is 0 Å². The number of hydrogen-bond acceptors (Lipinski definition) is 1. The number of carbonyl (C=O) groups excluding carboxylic acids is 1. The highest BCUT2D eigenvalue weighted by Crippen LogP contribution is 2.22. The second-order valence-electron chi connectivity index (χ2n) is 3.30. The van der Waals surface area contributed by atoms with Gasteiger partial charge in [0.15, 0.2) is 0 Å². The van der Waals surface area contributed by atoms with Crippen LogP contribution < -0.4 is 5.32 Å². The summed E-state index contributed by atoms with van der Waals surface area (Å²) in [5.74, 6) is 0.550. The van der Waals surface area contributed by atoms with E-state index in [1.807, 2.05) is 0 Å². The molecule has 1 N–H and O–H groups in total. The van der Waals surface area contributed by atoms with Crippen molar-refractivity contribution < 1.29 is 4.79 Å². The Balaban J connectivity index is 2.36. The topological polar surface area (TPSA) is 29.1 Å². The third kappa shape index (κ3) is 2.52. The number of hydrogen-bond donors (Lipinski definition) is 1. The Morgan fingerprint density at radius 3 is 2.18 bits per heavy atom. The lowest BCUT2D eigenvalue weighted by Gasteiger charge is -2.10. The molecule has 1 amide bonds. The number of amides is 1. The van der Waals surface area contributed by atoms with Crippen LogP contribution in [0.5, 0.6) is 0 Å². The predicted molar refractivity (Wildman–Crippen MR) is 45.3 cm³/mol. The van der Waals surface area contributed by atoms with Crippen molar-refractivity contribution in [2.24, 2.45) is 5.92 Å². The van der Waals surface area contributed by atoms with Crippen LogP contribution in [0.25, 0.3) is 0 Å². The molecule has 1 aliphatic rings. The molecule has 0 aromatic rings. The van der Waals surface area contributed by atoms with Crippen LogP contribution in [0, 0.1) is 5.92 Å². The summed E-state index contributed by atoms with van der Waals surface area (Å²) in [6.07, 6.45) is 7.29. The lowest BCUT2D eigenvalue weighted by molar-refractivity contribution is -0.124. The quantitative estimate of drug-likeness (QED) is 0.574. The van der Waals surface area contributed by atoms with Crippen molar-refractivity contribution in [1.29, 1.82) is 0 Å². The van der Waals surface area contributed by atoms with E-state index in [9.17, 15) is 4.79 Å². The van der Waals surface area contributed by atoms with E-state index in [-0.39, 0.29) is 5.91 Å². The molecule has 1 fully saturated rings. The van der Waals surface area contributed by atoms with Gasteiger partial charge in [-0.2, -0.15) is 0 Å². The van der Waals surface area contributed by atoms with E-state index in [4.69, 9.17) is 0 Å². The number of nitrogens with one attached hydrogen (secondary N) is 1. The van der Waals surface area contributed by atoms with Gasteiger partial charge in [0.2, 0.25) is 5.91 Å². The van der Waals surface area contributed by atoms with E-state index in [0.29, 0.717) is 5.92 Å². The van der Waals surface area contributed by atoms with Crippen molar-refractivity contribution >= 4 is 5.91 Å². The van der Waals surface area contributed by atoms with Crippen LogP contribution in [0.3, 0.4) is 0 Å². The molecule has 0 atom stereocenters. The first-order chi connectivity index (χ1) is 5.34. The summed E-state index contributed by atoms with van der Waals surface area (Å²) in [7, 11) is 1.73. The van der Waals surface area contributed by atoms with E-state index >= 15 is 0 Å². The molecule has 0 aromatic heterocycles. The zero-order chi connectivity index (χ0) is 8.10. The van der Waals surface area contributed by atoms with E-state index in [1.54, 1.807) is 7.05 Å². The highest BCUT2D eigenvalue weighted by Gasteiger charge is 2.17. The van der Waals surface area contributed by atoms with Gasteiger partial charge in [0.1, 0.15) is 0 Å². The van der Waals surface area contributed by atoms with Gasteiger partial charge >= 0.3 is 0 Å². The first-order valence-corrected chi connectivity index (χ1v) is 4.56. The summed E-state index contributed by atoms with van der Waals surface area (Å²) in [5.41, 5.74) is 0. The Bertz CT molecular complexity index is 126. The van der Waals surface area contributed by atoms with Crippen molar-refractivity contribution in [2.45, 2.75) is 38.5 Å². The monoisotopic (exact) mass is 155 g/mol. The van der Waals surface area contributed by atoms with Gasteiger partial charge in [0, 0.05) is 13.0 Å². The van der Waals surface area contributed by atoms with Gasteiger partial charge in [0.25, 0.3) is 0 Å². The Morgan fingerprint density at radius 1 is 1.18 bits per heavy atom. The van der Waals surface area contributed by atoms with Crippen molar-refractivity contribution in [1.82, 2.24) is 5.32 Å². The van der Waals surface area contributed by atoms with Gasteiger partial charge in [-0.3, -0.25) is 4.79 Å². The Kier molecular flexibility index (Phi) is 3.40. The van der Waals surface area contributed by atoms with E-state index in [1.165, 1.54) is 25.7 Å². The van der Waals surface area contributed by atoms with Crippen molar-refractivity contribution in [3.05, 3.63) is 0 Å². The van der Waals surface area contributed by atoms with Crippen LogP contribution in [0.1, 0.15) is 38.5 Å². The smallest absolute Gasteiger partial charge is 0.222 e. The zero-order valence-electron chi connectivity index (χ0n) is 7.23. The molecule has 64 valence electrons. The second-order valence-corrected chi connectivity index (χ2v) is 3.30. The molecule has 2 nitrogen and oxygen atoms in total. The van der Waals surface area contributed by atoms with Crippen LogP contribution in [-0.2, 0) is 4.79 Å². The fourth-order valence-electron chi connectivity index (χ4n) is 1.75. The molecule has 0 bridgehead atoms. The molecule has 2 heteroatoms. The molecule has 0 unspecified atom stereocenters. The van der Waals surface area contributed by atoms with E-state index in [0.717, 1.165) is 12.8 Å². The first-order valence-electron chi connectivity index (χ1n) is 4.56. The Hall–Kier alpha value is -0.530. The van der Waals surface area contributed by atoms with Crippen LogP contribution in [0.4, 0.5) is 0 Å². The lowest BCUT2D eigenvalue weighted by Crippen LogP contribution is -2.26. The SMILES string of the molecule is CNC(=O)C1CCCCCC1. The summed E-state index contributed by atoms with van der Waals surface area (Å²) in [4.78, 5) is 11.2. The Labute approximate surface area is 68.4 Å². The maximum Gasteiger partial charge on any atom is 0.222 e. The van der Waals surface area contributed by atoms with Crippen molar-refractivity contribution in [3.8, 4) is 0 Å². The Morgan fingerprint density at radius 2 is 1.73 bits per heavy atom. The molecule has 0 aromatic carbocycles. The summed E-state index contributed by atoms with van der Waals surface area (Å²) < 4.78 is 0. The summed E-state index contributed by atoms with van der Waals surface area (Å²) in [5, 5.41) is 2.72. The largest absolute Gasteiger partial charge is 0.359 e. The molecule has 0 aliphatic heterocycles. The van der Waals surface area contributed by atoms with Gasteiger partial charge in [0.05, 0.1) is 0 Å². The van der Waals surface area contributed by atoms with Crippen LogP contribution in [0.15, 0.2) is 0 Å². The van der Waals surface area contributed by atoms with Gasteiger partial charge in [-0.05, 0) is 12.8 Å². The third-order valence-electron chi connectivity index (χ3n) is 2.47.